The second-order valence-electron chi connectivity index (χ2n) is 10.6. The number of amides is 1. The van der Waals surface area contributed by atoms with Crippen LogP contribution in [-0.2, 0) is 17.7 Å². The summed E-state index contributed by atoms with van der Waals surface area (Å²) in [6, 6.07) is 12.5. The number of ether oxygens (including phenoxy) is 2. The molecule has 1 aliphatic heterocycles. The molecule has 1 aliphatic rings. The molecular weight excluding hydrogens is 494 g/mol. The highest BCUT2D eigenvalue weighted by atomic mass is 16.6. The summed E-state index contributed by atoms with van der Waals surface area (Å²) in [5.41, 5.74) is 5.27. The smallest absolute Gasteiger partial charge is 0.410 e. The number of rotatable bonds is 7. The lowest BCUT2D eigenvalue weighted by Crippen LogP contribution is -2.49. The molecule has 10 nitrogen and oxygen atoms in total. The molecule has 5 rings (SSSR count). The predicted octanol–water partition coefficient (Wildman–Crippen LogP) is 4.46. The SMILES string of the molecule is CCOc1nccc(-c2ccc3nc(Cc4cc(CN5CCN(C(=O)OC(C)(C)C)CC5)ccn4)[nH]c3c2)n1. The number of piperazine rings is 1. The van der Waals surface area contributed by atoms with Crippen LogP contribution >= 0.6 is 0 Å². The molecule has 1 fully saturated rings. The first-order valence-electron chi connectivity index (χ1n) is 13.3. The molecule has 39 heavy (non-hydrogen) atoms. The Morgan fingerprint density at radius 3 is 2.56 bits per heavy atom. The van der Waals surface area contributed by atoms with Gasteiger partial charge in [-0.15, -0.1) is 0 Å². The van der Waals surface area contributed by atoms with Crippen LogP contribution in [0.25, 0.3) is 22.3 Å². The van der Waals surface area contributed by atoms with Crippen LogP contribution < -0.4 is 4.74 Å². The maximum absolute atomic E-state index is 12.3. The Balaban J connectivity index is 1.21. The number of aromatic nitrogens is 5. The molecule has 4 heterocycles. The molecule has 10 heteroatoms. The van der Waals surface area contributed by atoms with E-state index >= 15 is 0 Å². The van der Waals surface area contributed by atoms with Crippen molar-refractivity contribution in [2.45, 2.75) is 46.3 Å². The van der Waals surface area contributed by atoms with Gasteiger partial charge in [0.25, 0.3) is 0 Å². The highest BCUT2D eigenvalue weighted by Gasteiger charge is 2.25. The van der Waals surface area contributed by atoms with Crippen LogP contribution in [0.1, 0.15) is 44.8 Å². The average molecular weight is 530 g/mol. The van der Waals surface area contributed by atoms with Gasteiger partial charge in [0, 0.05) is 62.8 Å². The van der Waals surface area contributed by atoms with Gasteiger partial charge in [-0.05, 0) is 63.6 Å². The molecule has 1 amide bonds. The fraction of sp³-hybridized carbons (Fsp3) is 0.414. The molecule has 0 saturated carbocycles. The molecule has 0 spiro atoms. The van der Waals surface area contributed by atoms with E-state index in [1.165, 1.54) is 5.56 Å². The van der Waals surface area contributed by atoms with Crippen LogP contribution in [0.4, 0.5) is 4.79 Å². The van der Waals surface area contributed by atoms with E-state index in [0.717, 1.165) is 53.4 Å². The quantitative estimate of drug-likeness (QED) is 0.374. The summed E-state index contributed by atoms with van der Waals surface area (Å²) in [4.78, 5) is 37.9. The van der Waals surface area contributed by atoms with Crippen molar-refractivity contribution in [3.63, 3.8) is 0 Å². The predicted molar refractivity (Wildman–Crippen MR) is 148 cm³/mol. The van der Waals surface area contributed by atoms with E-state index in [1.807, 2.05) is 64.2 Å². The molecule has 0 unspecified atom stereocenters. The number of benzene rings is 1. The number of H-pyrrole nitrogens is 1. The highest BCUT2D eigenvalue weighted by Crippen LogP contribution is 2.23. The Hall–Kier alpha value is -4.05. The molecule has 0 bridgehead atoms. The van der Waals surface area contributed by atoms with E-state index in [4.69, 9.17) is 14.5 Å². The van der Waals surface area contributed by atoms with E-state index in [-0.39, 0.29) is 6.09 Å². The number of carbonyl (C=O) groups excluding carboxylic acids is 1. The van der Waals surface area contributed by atoms with E-state index < -0.39 is 5.60 Å². The minimum Gasteiger partial charge on any atom is -0.464 e. The first-order chi connectivity index (χ1) is 18.8. The number of hydrogen-bond donors (Lipinski definition) is 1. The van der Waals surface area contributed by atoms with Gasteiger partial charge in [0.15, 0.2) is 0 Å². The zero-order valence-electron chi connectivity index (χ0n) is 23.0. The number of fused-ring (bicyclic) bond motifs is 1. The van der Waals surface area contributed by atoms with Gasteiger partial charge < -0.3 is 19.4 Å². The molecule has 0 radical (unpaired) electrons. The number of nitrogens with zero attached hydrogens (tertiary/aromatic N) is 6. The van der Waals surface area contributed by atoms with Crippen molar-refractivity contribution in [2.75, 3.05) is 32.8 Å². The maximum Gasteiger partial charge on any atom is 0.410 e. The van der Waals surface area contributed by atoms with Gasteiger partial charge in [-0.2, -0.15) is 4.98 Å². The average Bonchev–Trinajstić information content (AvgIpc) is 3.30. The lowest BCUT2D eigenvalue weighted by atomic mass is 10.1. The molecular formula is C29H35N7O3. The topological polar surface area (TPSA) is 109 Å². The standard InChI is InChI=1S/C29H35N7O3/c1-5-38-27-31-11-9-23(34-27)21-6-7-24-25(17-21)33-26(32-24)18-22-16-20(8-10-30-22)19-35-12-14-36(15-13-35)28(37)39-29(2,3)4/h6-11,16-17H,5,12-15,18-19H2,1-4H3,(H,32,33). The van der Waals surface area contributed by atoms with Gasteiger partial charge in [0.1, 0.15) is 11.4 Å². The molecule has 0 atom stereocenters. The third-order valence-corrected chi connectivity index (χ3v) is 6.39. The lowest BCUT2D eigenvalue weighted by molar-refractivity contribution is 0.0139. The van der Waals surface area contributed by atoms with Gasteiger partial charge in [-0.1, -0.05) is 6.07 Å². The molecule has 0 aliphatic carbocycles. The summed E-state index contributed by atoms with van der Waals surface area (Å²) < 4.78 is 10.9. The van der Waals surface area contributed by atoms with Gasteiger partial charge in [-0.25, -0.2) is 14.8 Å². The summed E-state index contributed by atoms with van der Waals surface area (Å²) in [5, 5.41) is 0. The second-order valence-corrected chi connectivity index (χ2v) is 10.6. The van der Waals surface area contributed by atoms with Crippen molar-refractivity contribution in [1.29, 1.82) is 0 Å². The fourth-order valence-electron chi connectivity index (χ4n) is 4.57. The van der Waals surface area contributed by atoms with Crippen LogP contribution in [0.3, 0.4) is 0 Å². The van der Waals surface area contributed by atoms with Crippen molar-refractivity contribution in [3.8, 4) is 17.3 Å². The Labute approximate surface area is 228 Å². The zero-order chi connectivity index (χ0) is 27.4. The van der Waals surface area contributed by atoms with Crippen LogP contribution in [0.2, 0.25) is 0 Å². The van der Waals surface area contributed by atoms with E-state index in [2.05, 4.69) is 30.9 Å². The first kappa shape index (κ1) is 26.6. The van der Waals surface area contributed by atoms with E-state index in [1.54, 1.807) is 11.1 Å². The largest absolute Gasteiger partial charge is 0.464 e. The van der Waals surface area contributed by atoms with Crippen LogP contribution in [0.15, 0.2) is 48.8 Å². The summed E-state index contributed by atoms with van der Waals surface area (Å²) in [5.74, 6) is 0.857. The summed E-state index contributed by atoms with van der Waals surface area (Å²) in [7, 11) is 0. The number of hydrogen-bond acceptors (Lipinski definition) is 8. The van der Waals surface area contributed by atoms with Crippen molar-refractivity contribution >= 4 is 17.1 Å². The van der Waals surface area contributed by atoms with Crippen molar-refractivity contribution in [2.24, 2.45) is 0 Å². The van der Waals surface area contributed by atoms with Gasteiger partial charge >= 0.3 is 12.1 Å². The second kappa shape index (κ2) is 11.4. The minimum atomic E-state index is -0.478. The third kappa shape index (κ3) is 6.88. The number of pyridine rings is 1. The molecule has 1 aromatic carbocycles. The Morgan fingerprint density at radius 1 is 1.00 bits per heavy atom. The first-order valence-corrected chi connectivity index (χ1v) is 13.3. The third-order valence-electron chi connectivity index (χ3n) is 6.39. The van der Waals surface area contributed by atoms with E-state index in [9.17, 15) is 4.79 Å². The van der Waals surface area contributed by atoms with Gasteiger partial charge in [0.2, 0.25) is 0 Å². The number of aromatic amines is 1. The Morgan fingerprint density at radius 2 is 1.79 bits per heavy atom. The molecule has 4 aromatic rings. The van der Waals surface area contributed by atoms with Gasteiger partial charge in [0.05, 0.1) is 23.3 Å². The number of nitrogens with one attached hydrogen (secondary N) is 1. The Bertz CT molecular complexity index is 1440. The normalized spacial score (nSPS) is 14.5. The van der Waals surface area contributed by atoms with Crippen molar-refractivity contribution < 1.29 is 14.3 Å². The lowest BCUT2D eigenvalue weighted by Gasteiger charge is -2.35. The molecule has 204 valence electrons. The number of imidazole rings is 1. The maximum atomic E-state index is 12.3. The van der Waals surface area contributed by atoms with Crippen molar-refractivity contribution in [3.05, 3.63) is 65.9 Å². The molecule has 1 saturated heterocycles. The highest BCUT2D eigenvalue weighted by molar-refractivity contribution is 5.81. The van der Waals surface area contributed by atoms with E-state index in [0.29, 0.717) is 32.1 Å². The summed E-state index contributed by atoms with van der Waals surface area (Å²) >= 11 is 0. The van der Waals surface area contributed by atoms with Crippen LogP contribution in [-0.4, -0.2) is 79.2 Å². The summed E-state index contributed by atoms with van der Waals surface area (Å²) in [6.07, 6.45) is 3.92. The van der Waals surface area contributed by atoms with Gasteiger partial charge in [-0.3, -0.25) is 9.88 Å². The number of carbonyl (C=O) groups is 1. The molecule has 1 N–H and O–H groups in total. The fourth-order valence-corrected chi connectivity index (χ4v) is 4.57. The molecule has 3 aromatic heterocycles. The minimum absolute atomic E-state index is 0.237. The Kier molecular flexibility index (Phi) is 7.74. The van der Waals surface area contributed by atoms with Crippen LogP contribution in [0, 0.1) is 0 Å². The van der Waals surface area contributed by atoms with Crippen LogP contribution in [0.5, 0.6) is 6.01 Å². The van der Waals surface area contributed by atoms with Crippen molar-refractivity contribution in [1.82, 2.24) is 34.7 Å². The monoisotopic (exact) mass is 529 g/mol. The summed E-state index contributed by atoms with van der Waals surface area (Å²) in [6.45, 7) is 11.9. The zero-order valence-corrected chi connectivity index (χ0v) is 23.0.